The molecule has 0 atom stereocenters. The van der Waals surface area contributed by atoms with Gasteiger partial charge in [-0.05, 0) is 36.1 Å². The summed E-state index contributed by atoms with van der Waals surface area (Å²) in [5, 5.41) is 1.27. The van der Waals surface area contributed by atoms with E-state index >= 15 is 0 Å². The number of carbonyl (C=O) groups is 1. The van der Waals surface area contributed by atoms with E-state index in [9.17, 15) is 4.79 Å². The third-order valence-corrected chi connectivity index (χ3v) is 4.05. The SMILES string of the molecule is Cc1c(/C=C\C(=O)/C=C\N(C)C)sc2ccccc12. The van der Waals surface area contributed by atoms with Crippen LogP contribution in [0.15, 0.2) is 42.6 Å². The van der Waals surface area contributed by atoms with Gasteiger partial charge in [-0.3, -0.25) is 4.79 Å². The smallest absolute Gasteiger partial charge is 0.180 e. The molecular formula is C16H17NOS. The number of hydrogen-bond donors (Lipinski definition) is 0. The number of nitrogens with zero attached hydrogens (tertiary/aromatic N) is 1. The topological polar surface area (TPSA) is 20.3 Å². The van der Waals surface area contributed by atoms with Crippen LogP contribution in [0.3, 0.4) is 0 Å². The Balaban J connectivity index is 2.22. The third kappa shape index (κ3) is 3.32. The van der Waals surface area contributed by atoms with Gasteiger partial charge in [0.2, 0.25) is 0 Å². The molecule has 98 valence electrons. The second-order valence-corrected chi connectivity index (χ2v) is 5.69. The minimum atomic E-state index is 0.00514. The molecule has 0 radical (unpaired) electrons. The lowest BCUT2D eigenvalue weighted by Gasteiger charge is -2.01. The molecule has 0 saturated heterocycles. The molecule has 2 rings (SSSR count). The molecular weight excluding hydrogens is 254 g/mol. The molecule has 2 nitrogen and oxygen atoms in total. The zero-order valence-corrected chi connectivity index (χ0v) is 12.2. The highest BCUT2D eigenvalue weighted by Gasteiger charge is 2.04. The van der Waals surface area contributed by atoms with Crippen LogP contribution in [0.2, 0.25) is 0 Å². The summed E-state index contributed by atoms with van der Waals surface area (Å²) in [4.78, 5) is 14.6. The molecule has 3 heteroatoms. The Morgan fingerprint density at radius 1 is 1.21 bits per heavy atom. The van der Waals surface area contributed by atoms with Crippen molar-refractivity contribution < 1.29 is 4.79 Å². The summed E-state index contributed by atoms with van der Waals surface area (Å²) >= 11 is 1.72. The van der Waals surface area contributed by atoms with Crippen LogP contribution in [0, 0.1) is 6.92 Å². The Kier molecular flexibility index (Phi) is 4.17. The molecule has 0 aliphatic heterocycles. The largest absolute Gasteiger partial charge is 0.383 e. The van der Waals surface area contributed by atoms with E-state index in [1.54, 1.807) is 29.7 Å². The van der Waals surface area contributed by atoms with E-state index in [0.717, 1.165) is 4.88 Å². The normalized spacial score (nSPS) is 11.7. The van der Waals surface area contributed by atoms with Crippen molar-refractivity contribution in [3.63, 3.8) is 0 Å². The number of rotatable bonds is 4. The summed E-state index contributed by atoms with van der Waals surface area (Å²) in [6.45, 7) is 2.10. The summed E-state index contributed by atoms with van der Waals surface area (Å²) in [5.74, 6) is 0.00514. The predicted molar refractivity (Wildman–Crippen MR) is 83.4 cm³/mol. The second kappa shape index (κ2) is 5.85. The molecule has 1 aromatic heterocycles. The van der Waals surface area contributed by atoms with Gasteiger partial charge in [-0.1, -0.05) is 18.2 Å². The fourth-order valence-electron chi connectivity index (χ4n) is 1.79. The van der Waals surface area contributed by atoms with Gasteiger partial charge in [-0.25, -0.2) is 0 Å². The Morgan fingerprint density at radius 3 is 2.63 bits per heavy atom. The molecule has 19 heavy (non-hydrogen) atoms. The number of benzene rings is 1. The molecule has 0 unspecified atom stereocenters. The van der Waals surface area contributed by atoms with Gasteiger partial charge in [0.1, 0.15) is 0 Å². The first-order valence-corrected chi connectivity index (χ1v) is 6.94. The highest BCUT2D eigenvalue weighted by Crippen LogP contribution is 2.31. The Labute approximate surface area is 117 Å². The number of fused-ring (bicyclic) bond motifs is 1. The van der Waals surface area contributed by atoms with Crippen molar-refractivity contribution in [1.29, 1.82) is 0 Å². The van der Waals surface area contributed by atoms with Gasteiger partial charge >= 0.3 is 0 Å². The quantitative estimate of drug-likeness (QED) is 0.787. The van der Waals surface area contributed by atoms with Gasteiger partial charge in [0, 0.05) is 35.9 Å². The second-order valence-electron chi connectivity index (χ2n) is 4.60. The summed E-state index contributed by atoms with van der Waals surface area (Å²) in [6, 6.07) is 8.31. The molecule has 1 aromatic carbocycles. The predicted octanol–water partition coefficient (Wildman–Crippen LogP) is 3.87. The maximum absolute atomic E-state index is 11.7. The van der Waals surface area contributed by atoms with E-state index in [1.165, 1.54) is 15.6 Å². The molecule has 0 aliphatic carbocycles. The number of hydrogen-bond acceptors (Lipinski definition) is 3. The molecule has 0 spiro atoms. The molecule has 0 N–H and O–H groups in total. The van der Waals surface area contributed by atoms with Crippen molar-refractivity contribution in [2.45, 2.75) is 6.92 Å². The van der Waals surface area contributed by atoms with Crippen molar-refractivity contribution in [2.75, 3.05) is 14.1 Å². The minimum Gasteiger partial charge on any atom is -0.383 e. The van der Waals surface area contributed by atoms with Gasteiger partial charge in [-0.2, -0.15) is 0 Å². The summed E-state index contributed by atoms with van der Waals surface area (Å²) < 4.78 is 1.26. The van der Waals surface area contributed by atoms with Crippen molar-refractivity contribution in [3.05, 3.63) is 53.1 Å². The van der Waals surface area contributed by atoms with E-state index in [0.29, 0.717) is 0 Å². The number of allylic oxidation sites excluding steroid dienone is 2. The standard InChI is InChI=1S/C16H17NOS/c1-12-14-6-4-5-7-16(14)19-15(12)9-8-13(18)10-11-17(2)3/h4-11H,1-3H3/b9-8-,11-10-. The van der Waals surface area contributed by atoms with Crippen molar-refractivity contribution >= 4 is 33.3 Å². The fraction of sp³-hybridized carbons (Fsp3) is 0.188. The average molecular weight is 271 g/mol. The number of thiophene rings is 1. The van der Waals surface area contributed by atoms with E-state index in [1.807, 2.05) is 37.2 Å². The van der Waals surface area contributed by atoms with Crippen molar-refractivity contribution in [1.82, 2.24) is 4.90 Å². The van der Waals surface area contributed by atoms with Crippen LogP contribution in [-0.2, 0) is 4.79 Å². The molecule has 0 bridgehead atoms. The molecule has 2 aromatic rings. The monoisotopic (exact) mass is 271 g/mol. The lowest BCUT2D eigenvalue weighted by atomic mass is 10.1. The maximum atomic E-state index is 11.7. The maximum Gasteiger partial charge on any atom is 0.180 e. The first-order chi connectivity index (χ1) is 9.08. The summed E-state index contributed by atoms with van der Waals surface area (Å²) in [7, 11) is 3.78. The summed E-state index contributed by atoms with van der Waals surface area (Å²) in [6.07, 6.45) is 6.85. The van der Waals surface area contributed by atoms with Crippen LogP contribution in [0.1, 0.15) is 10.4 Å². The number of ketones is 1. The van der Waals surface area contributed by atoms with Gasteiger partial charge in [0.25, 0.3) is 0 Å². The fourth-order valence-corrected chi connectivity index (χ4v) is 2.90. The zero-order valence-electron chi connectivity index (χ0n) is 11.4. The van der Waals surface area contributed by atoms with Gasteiger partial charge in [0.15, 0.2) is 5.78 Å². The van der Waals surface area contributed by atoms with Crippen LogP contribution in [-0.4, -0.2) is 24.8 Å². The molecule has 0 saturated carbocycles. The van der Waals surface area contributed by atoms with Gasteiger partial charge in [-0.15, -0.1) is 11.3 Å². The van der Waals surface area contributed by atoms with E-state index < -0.39 is 0 Å². The number of carbonyl (C=O) groups excluding carboxylic acids is 1. The molecule has 1 heterocycles. The third-order valence-electron chi connectivity index (χ3n) is 2.82. The molecule has 0 aliphatic rings. The lowest BCUT2D eigenvalue weighted by Crippen LogP contribution is -2.01. The van der Waals surface area contributed by atoms with E-state index in [4.69, 9.17) is 0 Å². The van der Waals surface area contributed by atoms with Crippen LogP contribution < -0.4 is 0 Å². The zero-order chi connectivity index (χ0) is 13.8. The first-order valence-electron chi connectivity index (χ1n) is 6.13. The summed E-state index contributed by atoms with van der Waals surface area (Å²) in [5.41, 5.74) is 1.24. The van der Waals surface area contributed by atoms with Crippen LogP contribution in [0.5, 0.6) is 0 Å². The first kappa shape index (κ1) is 13.6. The van der Waals surface area contributed by atoms with Gasteiger partial charge < -0.3 is 4.90 Å². The molecule has 0 fully saturated rings. The minimum absolute atomic E-state index is 0.00514. The lowest BCUT2D eigenvalue weighted by molar-refractivity contribution is -0.110. The van der Waals surface area contributed by atoms with E-state index in [-0.39, 0.29) is 5.78 Å². The highest BCUT2D eigenvalue weighted by atomic mass is 32.1. The number of aryl methyl sites for hydroxylation is 1. The Bertz CT molecular complexity index is 650. The van der Waals surface area contributed by atoms with Crippen molar-refractivity contribution in [2.24, 2.45) is 0 Å². The van der Waals surface area contributed by atoms with Crippen LogP contribution >= 0.6 is 11.3 Å². The average Bonchev–Trinajstić information content (AvgIpc) is 2.71. The Hall–Kier alpha value is -1.87. The van der Waals surface area contributed by atoms with Crippen LogP contribution in [0.4, 0.5) is 0 Å². The van der Waals surface area contributed by atoms with Gasteiger partial charge in [0.05, 0.1) is 0 Å². The molecule has 0 amide bonds. The van der Waals surface area contributed by atoms with Crippen LogP contribution in [0.25, 0.3) is 16.2 Å². The van der Waals surface area contributed by atoms with E-state index in [2.05, 4.69) is 19.1 Å². The van der Waals surface area contributed by atoms with Crippen molar-refractivity contribution in [3.8, 4) is 0 Å². The highest BCUT2D eigenvalue weighted by molar-refractivity contribution is 7.20. The Morgan fingerprint density at radius 2 is 1.95 bits per heavy atom.